The van der Waals surface area contributed by atoms with Gasteiger partial charge in [0.2, 0.25) is 11.8 Å². The third-order valence-electron chi connectivity index (χ3n) is 4.50. The third-order valence-corrected chi connectivity index (χ3v) is 4.50. The number of nitrogens with zero attached hydrogens (tertiary/aromatic N) is 1. The van der Waals surface area contributed by atoms with E-state index in [0.29, 0.717) is 24.1 Å². The summed E-state index contributed by atoms with van der Waals surface area (Å²) in [6.07, 6.45) is 1.04. The first kappa shape index (κ1) is 16.7. The molecule has 0 radical (unpaired) electrons. The van der Waals surface area contributed by atoms with Crippen molar-refractivity contribution in [3.8, 4) is 6.07 Å². The summed E-state index contributed by atoms with van der Waals surface area (Å²) >= 11 is 0. The van der Waals surface area contributed by atoms with Gasteiger partial charge in [-0.2, -0.15) is 5.26 Å². The monoisotopic (exact) mass is 333 g/mol. The number of nitrogens with one attached hydrogen (secondary N) is 2. The molecule has 0 saturated heterocycles. The Kier molecular flexibility index (Phi) is 4.28. The summed E-state index contributed by atoms with van der Waals surface area (Å²) in [5, 5.41) is 14.6. The van der Waals surface area contributed by atoms with E-state index in [-0.39, 0.29) is 11.8 Å². The minimum absolute atomic E-state index is 0.284. The lowest BCUT2D eigenvalue weighted by Crippen LogP contribution is -2.35. The maximum absolute atomic E-state index is 12.7. The molecule has 1 fully saturated rings. The number of hydrogen-bond donors (Lipinski definition) is 2. The molecule has 25 heavy (non-hydrogen) atoms. The number of amides is 2. The minimum atomic E-state index is -1.03. The predicted octanol–water partition coefficient (Wildman–Crippen LogP) is 3.53. The Morgan fingerprint density at radius 3 is 2.40 bits per heavy atom. The lowest BCUT2D eigenvalue weighted by Gasteiger charge is -2.17. The van der Waals surface area contributed by atoms with Gasteiger partial charge in [-0.15, -0.1) is 0 Å². The molecule has 0 aromatic heterocycles. The van der Waals surface area contributed by atoms with Gasteiger partial charge >= 0.3 is 0 Å². The largest absolute Gasteiger partial charge is 0.325 e. The van der Waals surface area contributed by atoms with Crippen LogP contribution in [0.25, 0.3) is 0 Å². The summed E-state index contributed by atoms with van der Waals surface area (Å²) in [6, 6.07) is 14.5. The van der Waals surface area contributed by atoms with Crippen LogP contribution in [0.1, 0.15) is 29.5 Å². The first-order valence-electron chi connectivity index (χ1n) is 8.15. The van der Waals surface area contributed by atoms with Crippen LogP contribution in [0.2, 0.25) is 0 Å². The Bertz CT molecular complexity index is 892. The molecule has 2 aromatic carbocycles. The summed E-state index contributed by atoms with van der Waals surface area (Å²) in [5.41, 5.74) is 2.76. The smallest absolute Gasteiger partial charge is 0.240 e. The highest BCUT2D eigenvalue weighted by Crippen LogP contribution is 2.47. The predicted molar refractivity (Wildman–Crippen MR) is 96.0 cm³/mol. The average molecular weight is 333 g/mol. The second-order valence-electron chi connectivity index (χ2n) is 6.50. The standard InChI is InChI=1S/C20H19N3O2/c1-13-6-7-17(14(2)10-13)23-19(25)20(8-9-20)18(24)22-16-5-3-4-15(11-16)12-21/h3-7,10-11H,8-9H2,1-2H3,(H,22,24)(H,23,25). The summed E-state index contributed by atoms with van der Waals surface area (Å²) < 4.78 is 0. The fraction of sp³-hybridized carbons (Fsp3) is 0.250. The van der Waals surface area contributed by atoms with Gasteiger partial charge in [0.05, 0.1) is 11.6 Å². The maximum Gasteiger partial charge on any atom is 0.240 e. The lowest BCUT2D eigenvalue weighted by molar-refractivity contribution is -0.131. The molecule has 1 saturated carbocycles. The molecule has 0 heterocycles. The Morgan fingerprint density at radius 1 is 1.04 bits per heavy atom. The molecular weight excluding hydrogens is 314 g/mol. The van der Waals surface area contributed by atoms with Crippen LogP contribution < -0.4 is 10.6 Å². The highest BCUT2D eigenvalue weighted by Gasteiger charge is 2.56. The molecule has 2 aromatic rings. The van der Waals surface area contributed by atoms with Crippen LogP contribution >= 0.6 is 0 Å². The molecule has 126 valence electrons. The molecule has 0 aliphatic heterocycles. The Labute approximate surface area is 146 Å². The van der Waals surface area contributed by atoms with Crippen LogP contribution in [-0.2, 0) is 9.59 Å². The zero-order valence-corrected chi connectivity index (χ0v) is 14.2. The van der Waals surface area contributed by atoms with E-state index in [9.17, 15) is 9.59 Å². The number of anilines is 2. The molecule has 0 bridgehead atoms. The van der Waals surface area contributed by atoms with Crippen molar-refractivity contribution in [1.29, 1.82) is 5.26 Å². The fourth-order valence-corrected chi connectivity index (χ4v) is 2.80. The number of nitriles is 1. The summed E-state index contributed by atoms with van der Waals surface area (Å²) in [6.45, 7) is 3.92. The first-order valence-corrected chi connectivity index (χ1v) is 8.15. The van der Waals surface area contributed by atoms with Gasteiger partial charge in [-0.3, -0.25) is 9.59 Å². The van der Waals surface area contributed by atoms with E-state index in [4.69, 9.17) is 5.26 Å². The zero-order valence-electron chi connectivity index (χ0n) is 14.2. The molecule has 1 aliphatic carbocycles. The van der Waals surface area contributed by atoms with E-state index in [1.54, 1.807) is 24.3 Å². The van der Waals surface area contributed by atoms with Gasteiger partial charge in [0.1, 0.15) is 5.41 Å². The van der Waals surface area contributed by atoms with Crippen molar-refractivity contribution >= 4 is 23.2 Å². The number of carbonyl (C=O) groups is 2. The Hall–Kier alpha value is -3.13. The quantitative estimate of drug-likeness (QED) is 0.840. The van der Waals surface area contributed by atoms with Gasteiger partial charge in [-0.25, -0.2) is 0 Å². The van der Waals surface area contributed by atoms with Crippen LogP contribution in [0.15, 0.2) is 42.5 Å². The number of benzene rings is 2. The van der Waals surface area contributed by atoms with Crippen LogP contribution in [-0.4, -0.2) is 11.8 Å². The van der Waals surface area contributed by atoms with Crippen molar-refractivity contribution in [3.05, 3.63) is 59.2 Å². The van der Waals surface area contributed by atoms with E-state index in [1.165, 1.54) is 0 Å². The third kappa shape index (κ3) is 3.38. The maximum atomic E-state index is 12.7. The Morgan fingerprint density at radius 2 is 1.76 bits per heavy atom. The van der Waals surface area contributed by atoms with Crippen LogP contribution in [0.5, 0.6) is 0 Å². The molecular formula is C20H19N3O2. The van der Waals surface area contributed by atoms with E-state index < -0.39 is 5.41 Å². The molecule has 1 aliphatic rings. The summed E-state index contributed by atoms with van der Waals surface area (Å²) in [5.74, 6) is -0.613. The summed E-state index contributed by atoms with van der Waals surface area (Å²) in [7, 11) is 0. The van der Waals surface area contributed by atoms with Crippen molar-refractivity contribution in [3.63, 3.8) is 0 Å². The molecule has 5 nitrogen and oxygen atoms in total. The van der Waals surface area contributed by atoms with Gasteiger partial charge < -0.3 is 10.6 Å². The van der Waals surface area contributed by atoms with Crippen LogP contribution in [0.4, 0.5) is 11.4 Å². The van der Waals surface area contributed by atoms with Crippen molar-refractivity contribution in [1.82, 2.24) is 0 Å². The van der Waals surface area contributed by atoms with Gasteiger partial charge in [0.15, 0.2) is 0 Å². The number of carbonyl (C=O) groups excluding carboxylic acids is 2. The molecule has 0 spiro atoms. The van der Waals surface area contributed by atoms with Gasteiger partial charge in [-0.1, -0.05) is 23.8 Å². The number of rotatable bonds is 4. The van der Waals surface area contributed by atoms with Crippen molar-refractivity contribution in [2.75, 3.05) is 10.6 Å². The molecule has 5 heteroatoms. The average Bonchev–Trinajstić information content (AvgIpc) is 3.39. The number of hydrogen-bond acceptors (Lipinski definition) is 3. The number of aryl methyl sites for hydroxylation is 2. The van der Waals surface area contributed by atoms with Gasteiger partial charge in [0.25, 0.3) is 0 Å². The topological polar surface area (TPSA) is 82.0 Å². The highest BCUT2D eigenvalue weighted by atomic mass is 16.2. The lowest BCUT2D eigenvalue weighted by atomic mass is 10.0. The molecule has 2 N–H and O–H groups in total. The summed E-state index contributed by atoms with van der Waals surface area (Å²) in [4.78, 5) is 25.3. The second kappa shape index (κ2) is 6.40. The van der Waals surface area contributed by atoms with Crippen LogP contribution in [0, 0.1) is 30.6 Å². The normalized spacial score (nSPS) is 14.3. The van der Waals surface area contributed by atoms with Gasteiger partial charge in [0, 0.05) is 11.4 Å². The molecule has 2 amide bonds. The zero-order chi connectivity index (χ0) is 18.0. The van der Waals surface area contributed by atoms with E-state index in [0.717, 1.165) is 16.8 Å². The minimum Gasteiger partial charge on any atom is -0.325 e. The molecule has 3 rings (SSSR count). The van der Waals surface area contributed by atoms with Crippen molar-refractivity contribution in [2.24, 2.45) is 5.41 Å². The van der Waals surface area contributed by atoms with E-state index in [2.05, 4.69) is 10.6 Å². The van der Waals surface area contributed by atoms with E-state index in [1.807, 2.05) is 38.1 Å². The van der Waals surface area contributed by atoms with Crippen LogP contribution in [0.3, 0.4) is 0 Å². The van der Waals surface area contributed by atoms with Crippen molar-refractivity contribution < 1.29 is 9.59 Å². The van der Waals surface area contributed by atoms with Gasteiger partial charge in [-0.05, 0) is 56.5 Å². The molecule has 0 unspecified atom stereocenters. The van der Waals surface area contributed by atoms with E-state index >= 15 is 0 Å². The highest BCUT2D eigenvalue weighted by molar-refractivity contribution is 6.17. The Balaban J connectivity index is 1.73. The second-order valence-corrected chi connectivity index (χ2v) is 6.50. The van der Waals surface area contributed by atoms with Crippen molar-refractivity contribution in [2.45, 2.75) is 26.7 Å². The SMILES string of the molecule is Cc1ccc(NC(=O)C2(C(=O)Nc3cccc(C#N)c3)CC2)c(C)c1. The fourth-order valence-electron chi connectivity index (χ4n) is 2.80. The molecule has 0 atom stereocenters. The first-order chi connectivity index (χ1) is 11.9.